The van der Waals surface area contributed by atoms with Crippen LogP contribution in [0.1, 0.15) is 24.4 Å². The number of nitrogens with zero attached hydrogens (tertiary/aromatic N) is 3. The van der Waals surface area contributed by atoms with E-state index in [0.29, 0.717) is 11.8 Å². The Labute approximate surface area is 136 Å². The van der Waals surface area contributed by atoms with Gasteiger partial charge >= 0.3 is 0 Å². The topological polar surface area (TPSA) is 30.7 Å². The zero-order chi connectivity index (χ0) is 14.9. The number of rotatable bonds is 5. The third-order valence-electron chi connectivity index (χ3n) is 3.58. The number of halogens is 1. The predicted molar refractivity (Wildman–Crippen MR) is 87.6 cm³/mol. The quantitative estimate of drug-likeness (QED) is 0.631. The molecule has 22 heavy (non-hydrogen) atoms. The Hall–Kier alpha value is -1.66. The highest BCUT2D eigenvalue weighted by molar-refractivity contribution is 7.98. The summed E-state index contributed by atoms with van der Waals surface area (Å²) in [5.41, 5.74) is 0.966. The van der Waals surface area contributed by atoms with Crippen molar-refractivity contribution in [3.8, 4) is 10.7 Å². The van der Waals surface area contributed by atoms with Crippen LogP contribution in [0.5, 0.6) is 0 Å². The van der Waals surface area contributed by atoms with Gasteiger partial charge < -0.3 is 0 Å². The molecule has 0 spiro atoms. The molecule has 6 heteroatoms. The summed E-state index contributed by atoms with van der Waals surface area (Å²) < 4.78 is 15.5. The molecular weight excluding hydrogens is 317 g/mol. The summed E-state index contributed by atoms with van der Waals surface area (Å²) >= 11 is 3.31. The van der Waals surface area contributed by atoms with Crippen molar-refractivity contribution in [3.05, 3.63) is 53.2 Å². The second-order valence-corrected chi connectivity index (χ2v) is 7.19. The molecular formula is C16H14FN3S2. The van der Waals surface area contributed by atoms with Crippen LogP contribution in [0.15, 0.2) is 46.9 Å². The van der Waals surface area contributed by atoms with E-state index in [-0.39, 0.29) is 5.82 Å². The van der Waals surface area contributed by atoms with Crippen LogP contribution in [0.2, 0.25) is 0 Å². The van der Waals surface area contributed by atoms with Gasteiger partial charge in [-0.15, -0.1) is 21.5 Å². The van der Waals surface area contributed by atoms with Gasteiger partial charge in [-0.1, -0.05) is 30.0 Å². The Morgan fingerprint density at radius 1 is 1.23 bits per heavy atom. The van der Waals surface area contributed by atoms with Gasteiger partial charge in [0.1, 0.15) is 5.82 Å². The predicted octanol–water partition coefficient (Wildman–Crippen LogP) is 4.77. The molecule has 1 fully saturated rings. The Bertz CT molecular complexity index is 779. The first-order chi connectivity index (χ1) is 10.8. The second-order valence-electron chi connectivity index (χ2n) is 5.30. The number of benzene rings is 1. The third-order valence-corrected chi connectivity index (χ3v) is 5.46. The Morgan fingerprint density at radius 2 is 2.14 bits per heavy atom. The molecule has 0 N–H and O–H groups in total. The van der Waals surface area contributed by atoms with Crippen LogP contribution >= 0.6 is 23.1 Å². The van der Waals surface area contributed by atoms with E-state index < -0.39 is 0 Å². The fourth-order valence-corrected chi connectivity index (χ4v) is 4.04. The Balaban J connectivity index is 1.59. The lowest BCUT2D eigenvalue weighted by Gasteiger charge is -2.07. The van der Waals surface area contributed by atoms with Crippen molar-refractivity contribution >= 4 is 23.1 Å². The molecule has 0 bridgehead atoms. The summed E-state index contributed by atoms with van der Waals surface area (Å²) in [5, 5.41) is 11.7. The lowest BCUT2D eigenvalue weighted by molar-refractivity contribution is 0.626. The number of hydrogen-bond acceptors (Lipinski definition) is 4. The van der Waals surface area contributed by atoms with E-state index in [1.54, 1.807) is 35.2 Å². The smallest absolute Gasteiger partial charge is 0.192 e. The maximum absolute atomic E-state index is 13.3. The van der Waals surface area contributed by atoms with E-state index in [1.165, 1.54) is 18.9 Å². The summed E-state index contributed by atoms with van der Waals surface area (Å²) in [5.74, 6) is 1.47. The van der Waals surface area contributed by atoms with E-state index in [1.807, 2.05) is 12.1 Å². The fourth-order valence-electron chi connectivity index (χ4n) is 2.39. The lowest BCUT2D eigenvalue weighted by atomic mass is 10.2. The van der Waals surface area contributed by atoms with Gasteiger partial charge in [0, 0.05) is 11.8 Å². The van der Waals surface area contributed by atoms with Crippen molar-refractivity contribution in [1.82, 2.24) is 14.8 Å². The number of aromatic nitrogens is 3. The number of hydrogen-bond donors (Lipinski definition) is 0. The zero-order valence-corrected chi connectivity index (χ0v) is 13.4. The molecule has 1 aliphatic rings. The second kappa shape index (κ2) is 5.85. The van der Waals surface area contributed by atoms with Crippen molar-refractivity contribution < 1.29 is 4.39 Å². The highest BCUT2D eigenvalue weighted by atomic mass is 32.2. The number of thiophene rings is 1. The Morgan fingerprint density at radius 3 is 2.86 bits per heavy atom. The summed E-state index contributed by atoms with van der Waals surface area (Å²) in [4.78, 5) is 1.15. The van der Waals surface area contributed by atoms with Gasteiger partial charge in [-0.2, -0.15) is 0 Å². The highest BCUT2D eigenvalue weighted by Crippen LogP contribution is 2.42. The van der Waals surface area contributed by atoms with Crippen molar-refractivity contribution in [3.63, 3.8) is 0 Å². The first kappa shape index (κ1) is 14.0. The minimum Gasteiger partial charge on any atom is -0.298 e. The largest absolute Gasteiger partial charge is 0.298 e. The van der Waals surface area contributed by atoms with Gasteiger partial charge in [0.25, 0.3) is 0 Å². The third kappa shape index (κ3) is 2.80. The fraction of sp³-hybridized carbons (Fsp3) is 0.250. The molecule has 4 rings (SSSR count). The lowest BCUT2D eigenvalue weighted by Crippen LogP contribution is -1.99. The van der Waals surface area contributed by atoms with E-state index in [9.17, 15) is 4.39 Å². The first-order valence-corrected chi connectivity index (χ1v) is 9.04. The van der Waals surface area contributed by atoms with Crippen molar-refractivity contribution in [2.24, 2.45) is 0 Å². The van der Waals surface area contributed by atoms with E-state index in [2.05, 4.69) is 26.2 Å². The SMILES string of the molecule is Fc1cccc(CSc2nnc(-c3cccs3)n2C2CC2)c1. The van der Waals surface area contributed by atoms with Crippen molar-refractivity contribution in [1.29, 1.82) is 0 Å². The van der Waals surface area contributed by atoms with Crippen molar-refractivity contribution in [2.45, 2.75) is 29.8 Å². The highest BCUT2D eigenvalue weighted by Gasteiger charge is 2.30. The van der Waals surface area contributed by atoms with Crippen LogP contribution in [0.3, 0.4) is 0 Å². The molecule has 2 aromatic heterocycles. The van der Waals surface area contributed by atoms with Gasteiger partial charge in [0.05, 0.1) is 4.88 Å². The van der Waals surface area contributed by atoms with E-state index >= 15 is 0 Å². The summed E-state index contributed by atoms with van der Waals surface area (Å²) in [6.07, 6.45) is 2.37. The summed E-state index contributed by atoms with van der Waals surface area (Å²) in [6.45, 7) is 0. The zero-order valence-electron chi connectivity index (χ0n) is 11.8. The average Bonchev–Trinajstić information content (AvgIpc) is 3.05. The van der Waals surface area contributed by atoms with Crippen LogP contribution in [0.25, 0.3) is 10.7 Å². The van der Waals surface area contributed by atoms with Crippen LogP contribution in [-0.4, -0.2) is 14.8 Å². The number of thioether (sulfide) groups is 1. The Kier molecular flexibility index (Phi) is 3.72. The molecule has 0 aliphatic heterocycles. The first-order valence-electron chi connectivity index (χ1n) is 7.17. The van der Waals surface area contributed by atoms with Crippen molar-refractivity contribution in [2.75, 3.05) is 0 Å². The van der Waals surface area contributed by atoms with Crippen LogP contribution in [-0.2, 0) is 5.75 Å². The van der Waals surface area contributed by atoms with E-state index in [0.717, 1.165) is 21.4 Å². The maximum Gasteiger partial charge on any atom is 0.192 e. The molecule has 1 saturated carbocycles. The molecule has 1 aromatic carbocycles. The standard InChI is InChI=1S/C16H14FN3S2/c17-12-4-1-3-11(9-12)10-22-16-19-18-15(14-5-2-8-21-14)20(16)13-6-7-13/h1-5,8-9,13H,6-7,10H2. The average molecular weight is 331 g/mol. The van der Waals surface area contributed by atoms with Gasteiger partial charge in [0.15, 0.2) is 11.0 Å². The monoisotopic (exact) mass is 331 g/mol. The van der Waals surface area contributed by atoms with Gasteiger partial charge in [-0.3, -0.25) is 4.57 Å². The van der Waals surface area contributed by atoms with Crippen LogP contribution < -0.4 is 0 Å². The molecule has 0 saturated heterocycles. The molecule has 112 valence electrons. The van der Waals surface area contributed by atoms with Crippen LogP contribution in [0.4, 0.5) is 4.39 Å². The molecule has 3 nitrogen and oxygen atoms in total. The molecule has 2 heterocycles. The molecule has 0 radical (unpaired) electrons. The normalized spacial score (nSPS) is 14.4. The molecule has 0 unspecified atom stereocenters. The summed E-state index contributed by atoms with van der Waals surface area (Å²) in [6, 6.07) is 11.4. The van der Waals surface area contributed by atoms with Gasteiger partial charge in [0.2, 0.25) is 0 Å². The molecule has 3 aromatic rings. The van der Waals surface area contributed by atoms with Gasteiger partial charge in [-0.05, 0) is 42.0 Å². The van der Waals surface area contributed by atoms with E-state index in [4.69, 9.17) is 0 Å². The molecule has 1 aliphatic carbocycles. The van der Waals surface area contributed by atoms with Crippen LogP contribution in [0, 0.1) is 5.82 Å². The van der Waals surface area contributed by atoms with Gasteiger partial charge in [-0.25, -0.2) is 4.39 Å². The minimum absolute atomic E-state index is 0.193. The maximum atomic E-state index is 13.3. The molecule has 0 amide bonds. The minimum atomic E-state index is -0.193. The summed E-state index contributed by atoms with van der Waals surface area (Å²) in [7, 11) is 0. The molecule has 0 atom stereocenters.